The molecule has 0 fully saturated rings. The van der Waals surface area contributed by atoms with Crippen molar-refractivity contribution in [3.8, 4) is 0 Å². The summed E-state index contributed by atoms with van der Waals surface area (Å²) in [6, 6.07) is 0. The van der Waals surface area contributed by atoms with E-state index in [0.717, 1.165) is 30.4 Å². The van der Waals surface area contributed by atoms with E-state index in [1.165, 1.54) is 0 Å². The number of hydrogen-bond acceptors (Lipinski definition) is 2. The van der Waals surface area contributed by atoms with Crippen LogP contribution in [0.4, 0.5) is 0 Å². The molecule has 14 heavy (non-hydrogen) atoms. The summed E-state index contributed by atoms with van der Waals surface area (Å²) in [5.41, 5.74) is 1.74. The Morgan fingerprint density at radius 3 is 2.50 bits per heavy atom. The fourth-order valence-corrected chi connectivity index (χ4v) is 2.10. The zero-order valence-electron chi connectivity index (χ0n) is 8.19. The first-order valence-electron chi connectivity index (χ1n) is 4.55. The molecule has 0 amide bonds. The van der Waals surface area contributed by atoms with Crippen LogP contribution in [-0.2, 0) is 9.53 Å². The summed E-state index contributed by atoms with van der Waals surface area (Å²) in [4.78, 5) is 11.4. The fraction of sp³-hybridized carbons (Fsp3) is 0.500. The van der Waals surface area contributed by atoms with Gasteiger partial charge in [-0.1, -0.05) is 13.3 Å². The third-order valence-electron chi connectivity index (χ3n) is 2.19. The van der Waals surface area contributed by atoms with Crippen molar-refractivity contribution in [2.24, 2.45) is 0 Å². The van der Waals surface area contributed by atoms with Crippen molar-refractivity contribution < 1.29 is 9.53 Å². The van der Waals surface area contributed by atoms with Crippen molar-refractivity contribution in [2.45, 2.75) is 33.1 Å². The molecule has 1 heterocycles. The van der Waals surface area contributed by atoms with E-state index in [0.29, 0.717) is 9.15 Å². The zero-order valence-corrected chi connectivity index (χ0v) is 11.4. The maximum Gasteiger partial charge on any atom is 0.339 e. The molecular formula is C10H12Br2O2. The highest BCUT2D eigenvalue weighted by molar-refractivity contribution is 9.28. The second-order valence-corrected chi connectivity index (χ2v) is 5.84. The second-order valence-electron chi connectivity index (χ2n) is 3.19. The lowest BCUT2D eigenvalue weighted by Crippen LogP contribution is -1.98. The first-order chi connectivity index (χ1) is 6.57. The predicted octanol–water partition coefficient (Wildman–Crippen LogP) is 4.01. The minimum atomic E-state index is -0.206. The number of allylic oxidation sites excluding steroid dienone is 1. The molecule has 1 rings (SSSR count). The Labute approximate surface area is 101 Å². The molecule has 0 bridgehead atoms. The van der Waals surface area contributed by atoms with Gasteiger partial charge in [-0.2, -0.15) is 0 Å². The molecule has 0 saturated carbocycles. The molecule has 0 radical (unpaired) electrons. The third-order valence-corrected chi connectivity index (χ3v) is 2.91. The Kier molecular flexibility index (Phi) is 4.38. The number of ether oxygens (including phenoxy) is 1. The van der Waals surface area contributed by atoms with Crippen LogP contribution in [0.2, 0.25) is 0 Å². The summed E-state index contributed by atoms with van der Waals surface area (Å²) in [7, 11) is 0. The molecule has 4 heteroatoms. The van der Waals surface area contributed by atoms with Crippen LogP contribution in [0.15, 0.2) is 20.3 Å². The summed E-state index contributed by atoms with van der Waals surface area (Å²) in [6.07, 6.45) is 2.91. The van der Waals surface area contributed by atoms with Gasteiger partial charge in [0.1, 0.15) is 3.39 Å². The van der Waals surface area contributed by atoms with Gasteiger partial charge in [0.25, 0.3) is 0 Å². The quantitative estimate of drug-likeness (QED) is 0.733. The standard InChI is InChI=1S/C10H12Br2O2/c1-3-4-5-7-6(2)8(9(11)12)14-10(7)13/h3-5H2,1-2H3. The van der Waals surface area contributed by atoms with Crippen LogP contribution in [0.1, 0.15) is 33.1 Å². The van der Waals surface area contributed by atoms with Gasteiger partial charge in [-0.3, -0.25) is 0 Å². The molecular weight excluding hydrogens is 312 g/mol. The highest BCUT2D eigenvalue weighted by atomic mass is 79.9. The van der Waals surface area contributed by atoms with E-state index in [4.69, 9.17) is 4.74 Å². The Balaban J connectivity index is 2.91. The normalized spacial score (nSPS) is 16.3. The second kappa shape index (κ2) is 5.12. The van der Waals surface area contributed by atoms with Gasteiger partial charge in [-0.05, 0) is 51.6 Å². The number of carbonyl (C=O) groups is 1. The molecule has 0 unspecified atom stereocenters. The lowest BCUT2D eigenvalue weighted by atomic mass is 10.1. The number of halogens is 2. The molecule has 2 nitrogen and oxygen atoms in total. The third kappa shape index (κ3) is 2.48. The lowest BCUT2D eigenvalue weighted by Gasteiger charge is -1.97. The molecule has 1 aliphatic heterocycles. The van der Waals surface area contributed by atoms with E-state index in [2.05, 4.69) is 38.8 Å². The van der Waals surface area contributed by atoms with Crippen molar-refractivity contribution in [1.29, 1.82) is 0 Å². The Morgan fingerprint density at radius 2 is 2.07 bits per heavy atom. The van der Waals surface area contributed by atoms with Gasteiger partial charge in [0.15, 0.2) is 5.76 Å². The van der Waals surface area contributed by atoms with E-state index in [-0.39, 0.29) is 5.97 Å². The zero-order chi connectivity index (χ0) is 10.7. The van der Waals surface area contributed by atoms with Crippen LogP contribution >= 0.6 is 31.9 Å². The summed E-state index contributed by atoms with van der Waals surface area (Å²) >= 11 is 6.50. The van der Waals surface area contributed by atoms with Gasteiger partial charge in [-0.25, -0.2) is 4.79 Å². The molecule has 0 spiro atoms. The lowest BCUT2D eigenvalue weighted by molar-refractivity contribution is -0.133. The van der Waals surface area contributed by atoms with E-state index < -0.39 is 0 Å². The van der Waals surface area contributed by atoms with Crippen molar-refractivity contribution in [2.75, 3.05) is 0 Å². The van der Waals surface area contributed by atoms with Crippen molar-refractivity contribution in [3.63, 3.8) is 0 Å². The van der Waals surface area contributed by atoms with Crippen LogP contribution in [0.25, 0.3) is 0 Å². The van der Waals surface area contributed by atoms with Gasteiger partial charge in [0, 0.05) is 11.1 Å². The highest BCUT2D eigenvalue weighted by Gasteiger charge is 2.27. The van der Waals surface area contributed by atoms with Crippen LogP contribution < -0.4 is 0 Å². The number of unbranched alkanes of at least 4 members (excludes halogenated alkanes) is 1. The van der Waals surface area contributed by atoms with Gasteiger partial charge in [0.05, 0.1) is 0 Å². The van der Waals surface area contributed by atoms with E-state index in [1.807, 2.05) is 6.92 Å². The van der Waals surface area contributed by atoms with Crippen molar-refractivity contribution in [3.05, 3.63) is 20.3 Å². The summed E-state index contributed by atoms with van der Waals surface area (Å²) in [6.45, 7) is 4.01. The van der Waals surface area contributed by atoms with Crippen LogP contribution in [0.3, 0.4) is 0 Å². The summed E-state index contributed by atoms with van der Waals surface area (Å²) < 4.78 is 5.81. The predicted molar refractivity (Wildman–Crippen MR) is 63.2 cm³/mol. The van der Waals surface area contributed by atoms with Gasteiger partial charge in [0.2, 0.25) is 0 Å². The summed E-state index contributed by atoms with van der Waals surface area (Å²) in [5.74, 6) is 0.406. The minimum Gasteiger partial charge on any atom is -0.421 e. The van der Waals surface area contributed by atoms with Crippen LogP contribution in [-0.4, -0.2) is 5.97 Å². The average Bonchev–Trinajstić information content (AvgIpc) is 2.40. The van der Waals surface area contributed by atoms with Gasteiger partial charge in [-0.15, -0.1) is 0 Å². The Hall–Kier alpha value is -0.0900. The fourth-order valence-electron chi connectivity index (χ4n) is 1.34. The molecule has 1 aliphatic rings. The number of carbonyl (C=O) groups excluding carboxylic acids is 1. The van der Waals surface area contributed by atoms with Gasteiger partial charge >= 0.3 is 5.97 Å². The molecule has 0 atom stereocenters. The Bertz CT molecular complexity index is 312. The van der Waals surface area contributed by atoms with Crippen LogP contribution in [0.5, 0.6) is 0 Å². The maximum atomic E-state index is 11.4. The monoisotopic (exact) mass is 322 g/mol. The van der Waals surface area contributed by atoms with Crippen LogP contribution in [0, 0.1) is 0 Å². The van der Waals surface area contributed by atoms with Crippen molar-refractivity contribution >= 4 is 37.8 Å². The van der Waals surface area contributed by atoms with Gasteiger partial charge < -0.3 is 4.74 Å². The number of rotatable bonds is 3. The number of cyclic esters (lactones) is 1. The topological polar surface area (TPSA) is 26.3 Å². The van der Waals surface area contributed by atoms with E-state index >= 15 is 0 Å². The average molecular weight is 324 g/mol. The highest BCUT2D eigenvalue weighted by Crippen LogP contribution is 2.34. The molecule has 0 aromatic carbocycles. The smallest absolute Gasteiger partial charge is 0.339 e. The van der Waals surface area contributed by atoms with Crippen molar-refractivity contribution in [1.82, 2.24) is 0 Å². The minimum absolute atomic E-state index is 0.206. The molecule has 0 aliphatic carbocycles. The largest absolute Gasteiger partial charge is 0.421 e. The Morgan fingerprint density at radius 1 is 1.43 bits per heavy atom. The SMILES string of the molecule is CCCCC1=C(C)C(=C(Br)Br)OC1=O. The molecule has 0 N–H and O–H groups in total. The molecule has 78 valence electrons. The maximum absolute atomic E-state index is 11.4. The first-order valence-corrected chi connectivity index (χ1v) is 6.14. The van der Waals surface area contributed by atoms with E-state index in [1.54, 1.807) is 0 Å². The number of esters is 1. The molecule has 0 saturated heterocycles. The first kappa shape index (κ1) is 12.0. The van der Waals surface area contributed by atoms with E-state index in [9.17, 15) is 4.79 Å². The molecule has 0 aromatic heterocycles. The number of hydrogen-bond donors (Lipinski definition) is 0. The summed E-state index contributed by atoms with van der Waals surface area (Å²) in [5, 5.41) is 0. The molecule has 0 aromatic rings.